The van der Waals surface area contributed by atoms with Gasteiger partial charge in [0.25, 0.3) is 5.56 Å². The number of carbonyl (C=O) groups excluding carboxylic acids is 2. The number of aromatic amines is 1. The normalized spacial score (nSPS) is 21.0. The van der Waals surface area contributed by atoms with Crippen molar-refractivity contribution in [1.29, 1.82) is 0 Å². The van der Waals surface area contributed by atoms with Gasteiger partial charge in [0.1, 0.15) is 5.82 Å². The number of anilines is 3. The van der Waals surface area contributed by atoms with Crippen LogP contribution in [0.5, 0.6) is 0 Å². The number of hydrogen-bond acceptors (Lipinski definition) is 5. The van der Waals surface area contributed by atoms with Crippen LogP contribution in [0, 0.1) is 0 Å². The van der Waals surface area contributed by atoms with Crippen molar-refractivity contribution in [2.45, 2.75) is 44.6 Å². The Kier molecular flexibility index (Phi) is 5.71. The van der Waals surface area contributed by atoms with E-state index in [-0.39, 0.29) is 34.8 Å². The lowest BCUT2D eigenvalue weighted by Crippen LogP contribution is -2.42. The first-order chi connectivity index (χ1) is 14.3. The van der Waals surface area contributed by atoms with E-state index < -0.39 is 17.4 Å². The fourth-order valence-electron chi connectivity index (χ4n) is 3.94. The van der Waals surface area contributed by atoms with Crippen molar-refractivity contribution in [3.8, 4) is 0 Å². The number of aromatic nitrogens is 2. The summed E-state index contributed by atoms with van der Waals surface area (Å²) in [5.41, 5.74) is 0.0578. The first-order valence-corrected chi connectivity index (χ1v) is 10.6. The number of nitrogens with zero attached hydrogens (tertiary/aromatic N) is 2. The number of piperidine rings is 1. The molecule has 10 heteroatoms. The van der Waals surface area contributed by atoms with Crippen molar-refractivity contribution >= 4 is 52.5 Å². The van der Waals surface area contributed by atoms with E-state index in [4.69, 9.17) is 23.2 Å². The number of rotatable bonds is 3. The summed E-state index contributed by atoms with van der Waals surface area (Å²) in [7, 11) is 0. The van der Waals surface area contributed by atoms with Crippen molar-refractivity contribution in [2.24, 2.45) is 0 Å². The van der Waals surface area contributed by atoms with E-state index in [9.17, 15) is 14.4 Å². The molecule has 2 aromatic rings. The highest BCUT2D eigenvalue weighted by atomic mass is 35.5. The number of amides is 2. The average molecular weight is 450 g/mol. The number of benzene rings is 1. The van der Waals surface area contributed by atoms with Crippen LogP contribution in [0.4, 0.5) is 17.5 Å². The van der Waals surface area contributed by atoms with E-state index in [1.54, 1.807) is 12.1 Å². The van der Waals surface area contributed by atoms with Gasteiger partial charge >= 0.3 is 0 Å². The quantitative estimate of drug-likeness (QED) is 0.664. The molecule has 0 unspecified atom stereocenters. The topological polar surface area (TPSA) is 107 Å². The molecule has 2 aliphatic heterocycles. The fourth-order valence-corrected chi connectivity index (χ4v) is 4.40. The molecule has 2 amide bonds. The van der Waals surface area contributed by atoms with Crippen molar-refractivity contribution in [2.75, 3.05) is 22.1 Å². The molecule has 1 aromatic heterocycles. The highest BCUT2D eigenvalue weighted by Gasteiger charge is 2.35. The summed E-state index contributed by atoms with van der Waals surface area (Å²) in [6, 6.07) is 4.88. The monoisotopic (exact) mass is 449 g/mol. The second-order valence-corrected chi connectivity index (χ2v) is 8.45. The Bertz CT molecular complexity index is 1070. The fraction of sp³-hybridized carbons (Fsp3) is 0.400. The number of fused-ring (bicyclic) bond motifs is 1. The summed E-state index contributed by atoms with van der Waals surface area (Å²) in [5.74, 6) is -1.33. The minimum atomic E-state index is -0.982. The van der Waals surface area contributed by atoms with E-state index in [0.29, 0.717) is 16.7 Å². The maximum absolute atomic E-state index is 12.9. The summed E-state index contributed by atoms with van der Waals surface area (Å²) in [5, 5.41) is 6.02. The lowest BCUT2D eigenvalue weighted by molar-refractivity contribution is -0.123. The Morgan fingerprint density at radius 2 is 2.07 bits per heavy atom. The Balaban J connectivity index is 1.66. The van der Waals surface area contributed by atoms with Crippen LogP contribution in [0.15, 0.2) is 23.0 Å². The van der Waals surface area contributed by atoms with Crippen LogP contribution in [0.3, 0.4) is 0 Å². The zero-order valence-electron chi connectivity index (χ0n) is 16.3. The molecule has 3 N–H and O–H groups in total. The maximum Gasteiger partial charge on any atom is 0.258 e. The van der Waals surface area contributed by atoms with Crippen LogP contribution < -0.4 is 21.1 Å². The van der Waals surface area contributed by atoms with Crippen molar-refractivity contribution in [3.63, 3.8) is 0 Å². The van der Waals surface area contributed by atoms with Gasteiger partial charge in [-0.2, -0.15) is 4.98 Å². The highest BCUT2D eigenvalue weighted by Crippen LogP contribution is 2.32. The Morgan fingerprint density at radius 1 is 1.27 bits per heavy atom. The smallest absolute Gasteiger partial charge is 0.258 e. The summed E-state index contributed by atoms with van der Waals surface area (Å²) < 4.78 is 0. The van der Waals surface area contributed by atoms with Gasteiger partial charge in [0.05, 0.1) is 22.2 Å². The van der Waals surface area contributed by atoms with Crippen molar-refractivity contribution in [3.05, 3.63) is 44.2 Å². The van der Waals surface area contributed by atoms with E-state index in [2.05, 4.69) is 27.5 Å². The molecular weight excluding hydrogens is 429 g/mol. The van der Waals surface area contributed by atoms with Gasteiger partial charge in [-0.05, 0) is 44.4 Å². The highest BCUT2D eigenvalue weighted by molar-refractivity contribution is 6.36. The molecule has 0 radical (unpaired) electrons. The lowest BCUT2D eigenvalue weighted by Gasteiger charge is -2.34. The van der Waals surface area contributed by atoms with Gasteiger partial charge in [-0.3, -0.25) is 19.4 Å². The maximum atomic E-state index is 12.9. The van der Waals surface area contributed by atoms with Crippen LogP contribution in [-0.4, -0.2) is 34.4 Å². The van der Waals surface area contributed by atoms with Crippen LogP contribution in [0.1, 0.15) is 44.1 Å². The molecule has 2 aliphatic rings. The van der Waals surface area contributed by atoms with E-state index in [1.807, 2.05) is 4.90 Å². The standard InChI is InChI=1S/C20H21Cl2N5O3/c1-10-4-2-3-7-27(10)20-25-17-16(19(30)26-20)12(9-15(28)24-17)18(29)23-14-6-5-11(21)8-13(14)22/h5-6,8,10,12H,2-4,7,9H2,1H3,(H,23,29)(H2,24,25,26,28,30)/t10-,12+/m0/s1. The molecule has 2 atom stereocenters. The Labute approximate surface area is 183 Å². The summed E-state index contributed by atoms with van der Waals surface area (Å²) in [6.07, 6.45) is 2.97. The van der Waals surface area contributed by atoms with Gasteiger partial charge < -0.3 is 15.5 Å². The minimum absolute atomic E-state index is 0.130. The first kappa shape index (κ1) is 20.7. The Morgan fingerprint density at radius 3 is 2.80 bits per heavy atom. The third-order valence-corrected chi connectivity index (χ3v) is 6.07. The predicted octanol–water partition coefficient (Wildman–Crippen LogP) is 3.52. The molecule has 1 fully saturated rings. The summed E-state index contributed by atoms with van der Waals surface area (Å²) >= 11 is 12.0. The van der Waals surface area contributed by atoms with Gasteiger partial charge in [0.15, 0.2) is 0 Å². The molecule has 30 heavy (non-hydrogen) atoms. The van der Waals surface area contributed by atoms with Crippen LogP contribution in [0.25, 0.3) is 0 Å². The zero-order chi connectivity index (χ0) is 21.4. The number of halogens is 2. The lowest BCUT2D eigenvalue weighted by atomic mass is 9.92. The third kappa shape index (κ3) is 4.02. The van der Waals surface area contributed by atoms with Crippen LogP contribution in [0.2, 0.25) is 10.0 Å². The minimum Gasteiger partial charge on any atom is -0.340 e. The second-order valence-electron chi connectivity index (χ2n) is 7.61. The summed E-state index contributed by atoms with van der Waals surface area (Å²) in [4.78, 5) is 47.4. The average Bonchev–Trinajstić information content (AvgIpc) is 2.69. The Hall–Kier alpha value is -2.58. The largest absolute Gasteiger partial charge is 0.340 e. The van der Waals surface area contributed by atoms with Crippen molar-refractivity contribution in [1.82, 2.24) is 9.97 Å². The van der Waals surface area contributed by atoms with Gasteiger partial charge in [0, 0.05) is 24.0 Å². The van der Waals surface area contributed by atoms with Gasteiger partial charge in [0.2, 0.25) is 17.8 Å². The first-order valence-electron chi connectivity index (χ1n) is 9.80. The van der Waals surface area contributed by atoms with Gasteiger partial charge in [-0.25, -0.2) is 0 Å². The molecule has 8 nitrogen and oxygen atoms in total. The molecule has 158 valence electrons. The van der Waals surface area contributed by atoms with Crippen molar-refractivity contribution < 1.29 is 9.59 Å². The predicted molar refractivity (Wildman–Crippen MR) is 117 cm³/mol. The van der Waals surface area contributed by atoms with Gasteiger partial charge in [-0.1, -0.05) is 23.2 Å². The SMILES string of the molecule is C[C@H]1CCCCN1c1nc2c(c(=O)[nH]1)[C@H](C(=O)Nc1ccc(Cl)cc1Cl)CC(=O)N2. The third-order valence-electron chi connectivity index (χ3n) is 5.52. The molecule has 0 saturated carbocycles. The van der Waals surface area contributed by atoms with E-state index in [1.165, 1.54) is 6.07 Å². The van der Waals surface area contributed by atoms with Crippen LogP contribution >= 0.6 is 23.2 Å². The zero-order valence-corrected chi connectivity index (χ0v) is 17.8. The molecule has 4 rings (SSSR count). The number of H-pyrrole nitrogens is 1. The molecule has 1 aromatic carbocycles. The number of nitrogens with one attached hydrogen (secondary N) is 3. The second kappa shape index (κ2) is 8.28. The summed E-state index contributed by atoms with van der Waals surface area (Å²) in [6.45, 7) is 2.85. The van der Waals surface area contributed by atoms with Gasteiger partial charge in [-0.15, -0.1) is 0 Å². The molecule has 3 heterocycles. The van der Waals surface area contributed by atoms with Crippen LogP contribution in [-0.2, 0) is 9.59 Å². The number of hydrogen-bond donors (Lipinski definition) is 3. The molecular formula is C20H21Cl2N5O3. The van der Waals surface area contributed by atoms with E-state index in [0.717, 1.165) is 25.8 Å². The molecule has 0 aliphatic carbocycles. The number of carbonyl (C=O) groups is 2. The van der Waals surface area contributed by atoms with E-state index >= 15 is 0 Å². The molecule has 0 spiro atoms. The molecule has 0 bridgehead atoms. The molecule has 1 saturated heterocycles.